The zero-order chi connectivity index (χ0) is 33.2. The molecule has 0 spiro atoms. The van der Waals surface area contributed by atoms with E-state index >= 15 is 0 Å². The van der Waals surface area contributed by atoms with Gasteiger partial charge in [0.1, 0.15) is 0 Å². The summed E-state index contributed by atoms with van der Waals surface area (Å²) in [5, 5.41) is 18.0. The molecule has 0 aromatic heterocycles. The number of aliphatic hydroxyl groups is 1. The number of amides is 2. The maximum Gasteiger partial charge on any atom is 0.416 e. The Morgan fingerprint density at radius 3 is 2.17 bits per heavy atom. The van der Waals surface area contributed by atoms with Crippen LogP contribution in [0.15, 0.2) is 78.9 Å². The van der Waals surface area contributed by atoms with E-state index in [-0.39, 0.29) is 12.5 Å². The summed E-state index contributed by atoms with van der Waals surface area (Å²) in [6, 6.07) is 20.9. The van der Waals surface area contributed by atoms with Gasteiger partial charge in [0.25, 0.3) is 11.8 Å². The fourth-order valence-electron chi connectivity index (χ4n) is 6.39. The molecule has 46 heavy (non-hydrogen) atoms. The van der Waals surface area contributed by atoms with E-state index in [1.807, 2.05) is 44.2 Å². The number of benzene rings is 3. The van der Waals surface area contributed by atoms with E-state index < -0.39 is 35.3 Å². The Hall–Kier alpha value is -3.69. The number of carbonyl (C=O) groups excluding carboxylic acids is 2. The first kappa shape index (κ1) is 35.2. The van der Waals surface area contributed by atoms with Gasteiger partial charge in [-0.25, -0.2) is 0 Å². The Morgan fingerprint density at radius 2 is 1.52 bits per heavy atom. The van der Waals surface area contributed by atoms with E-state index in [1.165, 1.54) is 12.1 Å². The molecule has 0 saturated heterocycles. The molecule has 1 saturated carbocycles. The first-order chi connectivity index (χ1) is 22.1. The topological polar surface area (TPSA) is 81.7 Å². The summed E-state index contributed by atoms with van der Waals surface area (Å²) in [7, 11) is 0. The fourth-order valence-corrected chi connectivity index (χ4v) is 6.39. The van der Waals surface area contributed by atoms with E-state index in [4.69, 9.17) is 0 Å². The molecule has 0 unspecified atom stereocenters. The Kier molecular flexibility index (Phi) is 12.4. The number of halogens is 3. The molecule has 2 atom stereocenters. The van der Waals surface area contributed by atoms with Crippen molar-refractivity contribution in [2.24, 2.45) is 0 Å². The number of rotatable bonds is 14. The van der Waals surface area contributed by atoms with Gasteiger partial charge >= 0.3 is 6.18 Å². The van der Waals surface area contributed by atoms with Crippen molar-refractivity contribution in [1.29, 1.82) is 0 Å². The average Bonchev–Trinajstić information content (AvgIpc) is 3.07. The molecule has 0 heterocycles. The first-order valence-electron chi connectivity index (χ1n) is 16.4. The van der Waals surface area contributed by atoms with Crippen LogP contribution in [0.2, 0.25) is 0 Å². The number of carbonyl (C=O) groups is 2. The van der Waals surface area contributed by atoms with Crippen molar-refractivity contribution >= 4 is 11.8 Å². The Labute approximate surface area is 270 Å². The highest BCUT2D eigenvalue weighted by Gasteiger charge is 2.37. The number of nitrogens with one attached hydrogen (secondary N) is 2. The average molecular weight is 638 g/mol. The molecule has 3 aromatic carbocycles. The van der Waals surface area contributed by atoms with Crippen molar-refractivity contribution in [3.63, 3.8) is 0 Å². The predicted octanol–water partition coefficient (Wildman–Crippen LogP) is 7.12. The summed E-state index contributed by atoms with van der Waals surface area (Å²) in [5.41, 5.74) is 0.788. The lowest BCUT2D eigenvalue weighted by Gasteiger charge is -2.40. The second-order valence-electron chi connectivity index (χ2n) is 12.3. The molecule has 4 rings (SSSR count). The predicted molar refractivity (Wildman–Crippen MR) is 175 cm³/mol. The molecule has 2 amide bonds. The highest BCUT2D eigenvalue weighted by Crippen LogP contribution is 2.39. The van der Waals surface area contributed by atoms with Crippen molar-refractivity contribution in [2.75, 3.05) is 19.6 Å². The molecule has 3 N–H and O–H groups in total. The highest BCUT2D eigenvalue weighted by molar-refractivity contribution is 5.99. The summed E-state index contributed by atoms with van der Waals surface area (Å²) in [6.07, 6.45) is 0.473. The summed E-state index contributed by atoms with van der Waals surface area (Å²) < 4.78 is 40.8. The zero-order valence-corrected chi connectivity index (χ0v) is 26.8. The standard InChI is InChI=1S/C37H46F3N3O3/c1-3-21-43(22-4-2)35(46)29-16-11-15-28(24-29)34(45)42-32(23-27-13-7-5-8-14-27)33(44)26-41-36(19-9-6-10-20-36)30-17-12-18-31(25-30)37(38,39)40/h5,7-8,11-18,24-25,32-33,41,44H,3-4,6,9-10,19-23,26H2,1-2H3,(H,42,45)/t32-,33+/m0/s1. The second-order valence-corrected chi connectivity index (χ2v) is 12.3. The lowest BCUT2D eigenvalue weighted by atomic mass is 9.76. The van der Waals surface area contributed by atoms with Crippen LogP contribution in [0.3, 0.4) is 0 Å². The lowest BCUT2D eigenvalue weighted by molar-refractivity contribution is -0.137. The summed E-state index contributed by atoms with van der Waals surface area (Å²) in [6.45, 7) is 5.35. The molecule has 0 radical (unpaired) electrons. The molecule has 6 nitrogen and oxygen atoms in total. The van der Waals surface area contributed by atoms with Gasteiger partial charge in [0.2, 0.25) is 0 Å². The first-order valence-corrected chi connectivity index (χ1v) is 16.4. The van der Waals surface area contributed by atoms with Crippen molar-refractivity contribution in [3.8, 4) is 0 Å². The zero-order valence-electron chi connectivity index (χ0n) is 26.8. The molecular weight excluding hydrogens is 591 g/mol. The van der Waals surface area contributed by atoms with Gasteiger partial charge in [-0.05, 0) is 73.6 Å². The van der Waals surface area contributed by atoms with Crippen LogP contribution in [0.25, 0.3) is 0 Å². The smallest absolute Gasteiger partial charge is 0.390 e. The fraction of sp³-hybridized carbons (Fsp3) is 0.459. The van der Waals surface area contributed by atoms with E-state index in [2.05, 4.69) is 10.6 Å². The molecule has 248 valence electrons. The minimum Gasteiger partial charge on any atom is -0.390 e. The van der Waals surface area contributed by atoms with Crippen LogP contribution in [-0.2, 0) is 18.1 Å². The minimum absolute atomic E-state index is 0.0650. The van der Waals surface area contributed by atoms with Crippen molar-refractivity contribution in [2.45, 2.75) is 89.1 Å². The highest BCUT2D eigenvalue weighted by atomic mass is 19.4. The molecule has 1 aliphatic carbocycles. The van der Waals surface area contributed by atoms with Crippen LogP contribution in [-0.4, -0.2) is 53.6 Å². The number of alkyl halides is 3. The van der Waals surface area contributed by atoms with Gasteiger partial charge in [-0.2, -0.15) is 13.2 Å². The van der Waals surface area contributed by atoms with Gasteiger partial charge in [0.15, 0.2) is 0 Å². The van der Waals surface area contributed by atoms with Crippen molar-refractivity contribution in [3.05, 3.63) is 107 Å². The molecular formula is C37H46F3N3O3. The maximum atomic E-state index is 13.6. The summed E-state index contributed by atoms with van der Waals surface area (Å²) in [4.78, 5) is 28.6. The number of nitrogens with zero attached hydrogens (tertiary/aromatic N) is 1. The SMILES string of the molecule is CCCN(CCC)C(=O)c1cccc(C(=O)N[C@@H](Cc2ccccc2)[C@H](O)CNC2(c3cccc(C(F)(F)F)c3)CCCCC2)c1. The molecule has 9 heteroatoms. The maximum absolute atomic E-state index is 13.6. The van der Waals surface area contributed by atoms with Gasteiger partial charge in [-0.1, -0.05) is 81.6 Å². The molecule has 1 fully saturated rings. The number of hydrogen-bond donors (Lipinski definition) is 3. The monoisotopic (exact) mass is 637 g/mol. The van der Waals surface area contributed by atoms with Crippen LogP contribution >= 0.6 is 0 Å². The minimum atomic E-state index is -4.46. The van der Waals surface area contributed by atoms with Gasteiger partial charge in [-0.15, -0.1) is 0 Å². The molecule has 0 aliphatic heterocycles. The van der Waals surface area contributed by atoms with Crippen LogP contribution in [0, 0.1) is 0 Å². The van der Waals surface area contributed by atoms with Crippen LogP contribution in [0.1, 0.15) is 96.2 Å². The molecule has 0 bridgehead atoms. The third-order valence-corrected chi connectivity index (χ3v) is 8.82. The van der Waals surface area contributed by atoms with Gasteiger partial charge < -0.3 is 20.6 Å². The Bertz CT molecular complexity index is 1420. The quantitative estimate of drug-likeness (QED) is 0.176. The third-order valence-electron chi connectivity index (χ3n) is 8.82. The molecule has 3 aromatic rings. The van der Waals surface area contributed by atoms with Crippen molar-refractivity contribution in [1.82, 2.24) is 15.5 Å². The number of aliphatic hydroxyl groups excluding tert-OH is 1. The summed E-state index contributed by atoms with van der Waals surface area (Å²) >= 11 is 0. The Balaban J connectivity index is 1.55. The lowest BCUT2D eigenvalue weighted by Crippen LogP contribution is -2.53. The van der Waals surface area contributed by atoms with E-state index in [0.29, 0.717) is 49.0 Å². The Morgan fingerprint density at radius 1 is 0.870 bits per heavy atom. The van der Waals surface area contributed by atoms with E-state index in [0.717, 1.165) is 43.7 Å². The van der Waals surface area contributed by atoms with Gasteiger partial charge in [-0.3, -0.25) is 9.59 Å². The summed E-state index contributed by atoms with van der Waals surface area (Å²) in [5.74, 6) is -0.548. The normalized spacial score (nSPS) is 16.0. The van der Waals surface area contributed by atoms with E-state index in [9.17, 15) is 27.9 Å². The van der Waals surface area contributed by atoms with E-state index in [1.54, 1.807) is 35.2 Å². The van der Waals surface area contributed by atoms with Crippen molar-refractivity contribution < 1.29 is 27.9 Å². The third kappa shape index (κ3) is 9.19. The largest absolute Gasteiger partial charge is 0.416 e. The van der Waals surface area contributed by atoms with Gasteiger partial charge in [0, 0.05) is 36.3 Å². The second kappa shape index (κ2) is 16.2. The van der Waals surface area contributed by atoms with Crippen LogP contribution in [0.4, 0.5) is 13.2 Å². The van der Waals surface area contributed by atoms with Gasteiger partial charge in [0.05, 0.1) is 17.7 Å². The number of hydrogen-bond acceptors (Lipinski definition) is 4. The van der Waals surface area contributed by atoms with Crippen LogP contribution < -0.4 is 10.6 Å². The van der Waals surface area contributed by atoms with Crippen LogP contribution in [0.5, 0.6) is 0 Å². The molecule has 1 aliphatic rings.